The summed E-state index contributed by atoms with van der Waals surface area (Å²) >= 11 is 0. The average molecular weight is 545 g/mol. The van der Waals surface area contributed by atoms with Crippen LogP contribution in [0, 0.1) is 38.9 Å². The van der Waals surface area contributed by atoms with E-state index < -0.39 is 0 Å². The molecule has 0 aliphatic carbocycles. The number of unbranched alkanes of at least 4 members (excludes halogenated alkanes) is 8. The predicted octanol–water partition coefficient (Wildman–Crippen LogP) is 4.76. The molecular formula is C18H30O2Rf-2. The second-order valence-electron chi connectivity index (χ2n) is 4.55. The molecule has 21 heavy (non-hydrogen) atoms. The van der Waals surface area contributed by atoms with E-state index in [2.05, 4.69) is 35.5 Å². The number of hydrogen-bond donors (Lipinski definition) is 0. The largest absolute Gasteiger partial charge is 0.555 e. The Morgan fingerprint density at radius 1 is 0.619 bits per heavy atom. The number of rotatable bonds is 12. The van der Waals surface area contributed by atoms with Crippen molar-refractivity contribution in [1.29, 1.82) is 0 Å². The topological polar surface area (TPSA) is 18.5 Å². The smallest absolute Gasteiger partial charge is 0.0110 e. The van der Waals surface area contributed by atoms with Crippen LogP contribution in [-0.2, 0) is 9.47 Å². The van der Waals surface area contributed by atoms with Crippen molar-refractivity contribution in [3.8, 4) is 24.7 Å². The van der Waals surface area contributed by atoms with Gasteiger partial charge in [-0.15, -0.1) is 24.7 Å². The van der Waals surface area contributed by atoms with E-state index in [9.17, 15) is 0 Å². The summed E-state index contributed by atoms with van der Waals surface area (Å²) in [7, 11) is 6.57. The third-order valence-electron chi connectivity index (χ3n) is 2.72. The molecule has 0 fully saturated rings. The molecule has 3 heteroatoms. The molecule has 0 aromatic rings. The number of hydrogen-bond acceptors (Lipinski definition) is 2. The maximum atomic E-state index is 5.08. The molecule has 0 unspecified atom stereocenters. The summed E-state index contributed by atoms with van der Waals surface area (Å²) in [6.07, 6.45) is 21.3. The molecule has 0 aromatic heterocycles. The first-order valence-corrected chi connectivity index (χ1v) is 7.44. The van der Waals surface area contributed by atoms with E-state index in [4.69, 9.17) is 12.8 Å². The van der Waals surface area contributed by atoms with Gasteiger partial charge in [-0.1, -0.05) is 25.7 Å². The normalized spacial score (nSPS) is 8.76. The zero-order valence-electron chi connectivity index (χ0n) is 13.6. The molecule has 0 aromatic carbocycles. The van der Waals surface area contributed by atoms with E-state index in [1.54, 1.807) is 0 Å². The Balaban J connectivity index is -0.000000295. The molecule has 0 atom stereocenters. The van der Waals surface area contributed by atoms with Crippen LogP contribution in [0.3, 0.4) is 0 Å². The van der Waals surface area contributed by atoms with Gasteiger partial charge in [0.05, 0.1) is 0 Å². The van der Waals surface area contributed by atoms with Crippen molar-refractivity contribution >= 4 is 0 Å². The van der Waals surface area contributed by atoms with Gasteiger partial charge in [0.15, 0.2) is 0 Å². The molecule has 0 aliphatic rings. The van der Waals surface area contributed by atoms with Crippen molar-refractivity contribution < 1.29 is 9.47 Å². The van der Waals surface area contributed by atoms with E-state index in [0.29, 0.717) is 0 Å². The van der Waals surface area contributed by atoms with Gasteiger partial charge in [0.2, 0.25) is 0 Å². The van der Waals surface area contributed by atoms with E-state index >= 15 is 0 Å². The van der Waals surface area contributed by atoms with Gasteiger partial charge in [-0.3, -0.25) is 0 Å². The summed E-state index contributed by atoms with van der Waals surface area (Å²) < 4.78 is 9.32. The van der Waals surface area contributed by atoms with Gasteiger partial charge in [0.1, 0.15) is 0 Å². The first-order valence-electron chi connectivity index (χ1n) is 7.44. The summed E-state index contributed by atoms with van der Waals surface area (Å²) in [5.74, 6) is 5.23. The standard InChI is InChI=1S/2C9H15O.Rf/c2*1-3-4-5-6-7-8-9-10-2;/h2*1H,2,4-9H2;/q2*-1;. The Kier molecular flexibility index (Phi) is 30.5. The monoisotopic (exact) mass is 545 g/mol. The van der Waals surface area contributed by atoms with Crippen LogP contribution in [0.1, 0.15) is 64.2 Å². The SMILES string of the molecule is C#CCCCCCCO[CH2-].C#CCCCCCCO[CH2-].[Rf]. The first kappa shape index (κ1) is 24.1. The molecule has 0 rings (SSSR count). The fraction of sp³-hybridized carbons (Fsp3) is 0.667. The predicted molar refractivity (Wildman–Crippen MR) is 86.5 cm³/mol. The van der Waals surface area contributed by atoms with Crippen molar-refractivity contribution in [3.05, 3.63) is 14.2 Å². The quantitative estimate of drug-likeness (QED) is 0.200. The molecule has 0 radical (unpaired) electrons. The Labute approximate surface area is 126 Å². The minimum atomic E-state index is 0. The van der Waals surface area contributed by atoms with Gasteiger partial charge in [-0.25, -0.2) is 14.2 Å². The molecule has 0 spiro atoms. The minimum absolute atomic E-state index is 0. The van der Waals surface area contributed by atoms with Crippen molar-refractivity contribution in [2.24, 2.45) is 0 Å². The van der Waals surface area contributed by atoms with Crippen molar-refractivity contribution in [2.75, 3.05) is 13.2 Å². The van der Waals surface area contributed by atoms with Gasteiger partial charge in [0, 0.05) is 26.1 Å². The molecule has 0 bridgehead atoms. The molecule has 0 amide bonds. The van der Waals surface area contributed by atoms with E-state index in [-0.39, 0.29) is 0 Å². The molecule has 0 saturated heterocycles. The summed E-state index contributed by atoms with van der Waals surface area (Å²) in [5.41, 5.74) is 0. The fourth-order valence-electron chi connectivity index (χ4n) is 1.57. The number of ether oxygens (including phenoxy) is 2. The second kappa shape index (κ2) is 26.6. The maximum absolute atomic E-state index is 5.08. The van der Waals surface area contributed by atoms with Gasteiger partial charge in [-0.2, -0.15) is 0 Å². The van der Waals surface area contributed by atoms with Crippen LogP contribution in [0.25, 0.3) is 0 Å². The third-order valence-corrected chi connectivity index (χ3v) is 2.72. The van der Waals surface area contributed by atoms with Crippen LogP contribution in [0.15, 0.2) is 0 Å². The van der Waals surface area contributed by atoms with Crippen LogP contribution in [0.4, 0.5) is 0 Å². The summed E-state index contributed by atoms with van der Waals surface area (Å²) in [6.45, 7) is 1.55. The van der Waals surface area contributed by atoms with Crippen molar-refractivity contribution in [2.45, 2.75) is 64.2 Å². The first-order chi connectivity index (χ1) is 9.83. The van der Waals surface area contributed by atoms with Crippen LogP contribution in [0.2, 0.25) is 0 Å². The van der Waals surface area contributed by atoms with Crippen LogP contribution in [0.5, 0.6) is 0 Å². The zero-order chi connectivity index (χ0) is 15.3. The Morgan fingerprint density at radius 3 is 1.24 bits per heavy atom. The van der Waals surface area contributed by atoms with Crippen LogP contribution in [-0.4, -0.2) is 13.2 Å². The molecule has 0 saturated carbocycles. The molecule has 118 valence electrons. The van der Waals surface area contributed by atoms with Crippen molar-refractivity contribution in [3.63, 3.8) is 0 Å². The van der Waals surface area contributed by atoms with Gasteiger partial charge in [0.25, 0.3) is 0 Å². The fourth-order valence-corrected chi connectivity index (χ4v) is 1.57. The van der Waals surface area contributed by atoms with Crippen LogP contribution >= 0.6 is 0 Å². The second-order valence-corrected chi connectivity index (χ2v) is 4.55. The summed E-state index contributed by atoms with van der Waals surface area (Å²) in [4.78, 5) is 0. The van der Waals surface area contributed by atoms with Gasteiger partial charge < -0.3 is 9.47 Å². The molecular weight excluding hydrogens is 515 g/mol. The zero-order valence-corrected chi connectivity index (χ0v) is 20.0. The molecule has 0 heterocycles. The van der Waals surface area contributed by atoms with Crippen LogP contribution < -0.4 is 0 Å². The minimum Gasteiger partial charge on any atom is -0.555 e. The Hall–Kier alpha value is -1.96. The third kappa shape index (κ3) is 32.0. The molecule has 0 N–H and O–H groups in total. The summed E-state index contributed by atoms with van der Waals surface area (Å²) in [5, 5.41) is 0. The maximum Gasteiger partial charge on any atom is 0.0110 e. The molecule has 0 aliphatic heterocycles. The van der Waals surface area contributed by atoms with Gasteiger partial charge >= 0.3 is 0 Å². The Bertz CT molecular complexity index is 215. The summed E-state index contributed by atoms with van der Waals surface area (Å²) in [6, 6.07) is 0. The average Bonchev–Trinajstić information content (AvgIpc) is 2.47. The van der Waals surface area contributed by atoms with E-state index in [1.807, 2.05) is 0 Å². The number of terminal acetylenes is 2. The van der Waals surface area contributed by atoms with E-state index in [0.717, 1.165) is 51.7 Å². The Morgan fingerprint density at radius 2 is 0.952 bits per heavy atom. The van der Waals surface area contributed by atoms with E-state index in [1.165, 1.54) is 25.7 Å². The molecule has 2 nitrogen and oxygen atoms in total. The van der Waals surface area contributed by atoms with Crippen molar-refractivity contribution in [1.82, 2.24) is 0 Å². The van der Waals surface area contributed by atoms with Gasteiger partial charge in [-0.05, 0) is 25.7 Å².